The van der Waals surface area contributed by atoms with Gasteiger partial charge in [-0.2, -0.15) is 5.10 Å². The van der Waals surface area contributed by atoms with E-state index in [9.17, 15) is 4.79 Å². The number of hydrogen-bond donors (Lipinski definition) is 0. The molecule has 0 radical (unpaired) electrons. The quantitative estimate of drug-likeness (QED) is 0.850. The topological polar surface area (TPSA) is 51.0 Å². The summed E-state index contributed by atoms with van der Waals surface area (Å²) in [4.78, 5) is 18.4. The Bertz CT molecular complexity index is 773. The van der Waals surface area contributed by atoms with Crippen LogP contribution in [0.15, 0.2) is 18.7 Å². The summed E-state index contributed by atoms with van der Waals surface area (Å²) in [5, 5.41) is 4.50. The molecular weight excluding hydrogens is 264 g/mol. The van der Waals surface area contributed by atoms with E-state index >= 15 is 0 Å². The van der Waals surface area contributed by atoms with Gasteiger partial charge in [0.15, 0.2) is 11.5 Å². The van der Waals surface area contributed by atoms with Crippen LogP contribution in [0, 0.1) is 13.8 Å². The molecule has 0 aliphatic carbocycles. The summed E-state index contributed by atoms with van der Waals surface area (Å²) >= 11 is 0. The number of hydrogen-bond acceptors (Lipinski definition) is 3. The minimum Gasteiger partial charge on any atom is -0.336 e. The third-order valence-corrected chi connectivity index (χ3v) is 3.86. The lowest BCUT2D eigenvalue weighted by Gasteiger charge is -2.13. The Kier molecular flexibility index (Phi) is 2.93. The summed E-state index contributed by atoms with van der Waals surface area (Å²) in [6.07, 6.45) is 0. The van der Waals surface area contributed by atoms with E-state index in [0.29, 0.717) is 12.2 Å². The molecule has 0 N–H and O–H groups in total. The molecule has 2 aromatic heterocycles. The molecule has 1 amide bonds. The van der Waals surface area contributed by atoms with Gasteiger partial charge in [0.2, 0.25) is 0 Å². The number of carbonyl (C=O) groups is 1. The first-order chi connectivity index (χ1) is 9.90. The van der Waals surface area contributed by atoms with Crippen LogP contribution < -0.4 is 0 Å². The van der Waals surface area contributed by atoms with E-state index in [2.05, 4.69) is 16.7 Å². The van der Waals surface area contributed by atoms with E-state index in [1.807, 2.05) is 32.9 Å². The van der Waals surface area contributed by atoms with Gasteiger partial charge in [0.25, 0.3) is 5.91 Å². The van der Waals surface area contributed by atoms with Crippen molar-refractivity contribution in [1.82, 2.24) is 19.7 Å². The molecule has 1 aliphatic rings. The first kappa shape index (κ1) is 13.5. The van der Waals surface area contributed by atoms with Gasteiger partial charge >= 0.3 is 0 Å². The van der Waals surface area contributed by atoms with Crippen LogP contribution in [0.25, 0.3) is 11.4 Å². The van der Waals surface area contributed by atoms with Gasteiger partial charge < -0.3 is 4.90 Å². The predicted molar refractivity (Wildman–Crippen MR) is 81.3 cm³/mol. The molecule has 0 unspecified atom stereocenters. The number of fused-ring (bicyclic) bond motifs is 1. The summed E-state index contributed by atoms with van der Waals surface area (Å²) in [6, 6.07) is 3.96. The fraction of sp³-hybridized carbons (Fsp3) is 0.312. The van der Waals surface area contributed by atoms with Crippen molar-refractivity contribution in [3.8, 4) is 5.82 Å². The van der Waals surface area contributed by atoms with Crippen molar-refractivity contribution < 1.29 is 4.79 Å². The van der Waals surface area contributed by atoms with E-state index in [-0.39, 0.29) is 5.91 Å². The number of aryl methyl sites for hydroxylation is 1. The van der Waals surface area contributed by atoms with Crippen molar-refractivity contribution in [1.29, 1.82) is 0 Å². The molecule has 0 saturated heterocycles. The van der Waals surface area contributed by atoms with E-state index in [4.69, 9.17) is 0 Å². The number of carbonyl (C=O) groups excluding carboxylic acids is 1. The normalized spacial score (nSPS) is 13.7. The van der Waals surface area contributed by atoms with Crippen LogP contribution in [0.3, 0.4) is 0 Å². The molecule has 0 aromatic carbocycles. The average molecular weight is 282 g/mol. The van der Waals surface area contributed by atoms with Crippen LogP contribution in [-0.2, 0) is 6.54 Å². The first-order valence-corrected chi connectivity index (χ1v) is 6.88. The molecule has 5 heteroatoms. The Morgan fingerprint density at radius 2 is 2.05 bits per heavy atom. The third-order valence-electron chi connectivity index (χ3n) is 3.86. The molecule has 108 valence electrons. The average Bonchev–Trinajstić information content (AvgIpc) is 2.88. The number of amides is 1. The maximum Gasteiger partial charge on any atom is 0.274 e. The molecule has 3 rings (SSSR count). The number of pyridine rings is 1. The van der Waals surface area contributed by atoms with Crippen molar-refractivity contribution in [2.45, 2.75) is 27.3 Å². The second-order valence-corrected chi connectivity index (χ2v) is 5.59. The van der Waals surface area contributed by atoms with Crippen molar-refractivity contribution in [2.75, 3.05) is 7.05 Å². The van der Waals surface area contributed by atoms with Gasteiger partial charge in [0.05, 0.1) is 0 Å². The van der Waals surface area contributed by atoms with E-state index in [1.54, 1.807) is 16.6 Å². The van der Waals surface area contributed by atoms with Crippen molar-refractivity contribution in [3.05, 3.63) is 46.9 Å². The van der Waals surface area contributed by atoms with Crippen LogP contribution >= 0.6 is 0 Å². The number of rotatable bonds is 2. The fourth-order valence-electron chi connectivity index (χ4n) is 2.63. The first-order valence-electron chi connectivity index (χ1n) is 6.88. The zero-order valence-corrected chi connectivity index (χ0v) is 12.8. The maximum atomic E-state index is 12.1. The highest BCUT2D eigenvalue weighted by atomic mass is 16.2. The largest absolute Gasteiger partial charge is 0.336 e. The summed E-state index contributed by atoms with van der Waals surface area (Å²) in [5.41, 5.74) is 5.27. The second-order valence-electron chi connectivity index (χ2n) is 5.59. The van der Waals surface area contributed by atoms with Gasteiger partial charge in [0, 0.05) is 36.1 Å². The summed E-state index contributed by atoms with van der Waals surface area (Å²) in [7, 11) is 1.79. The van der Waals surface area contributed by atoms with Crippen LogP contribution in [0.5, 0.6) is 0 Å². The Morgan fingerprint density at radius 1 is 1.33 bits per heavy atom. The Labute approximate surface area is 123 Å². The highest BCUT2D eigenvalue weighted by Crippen LogP contribution is 2.28. The van der Waals surface area contributed by atoms with E-state index in [1.165, 1.54) is 0 Å². The van der Waals surface area contributed by atoms with Gasteiger partial charge in [-0.3, -0.25) is 4.79 Å². The summed E-state index contributed by atoms with van der Waals surface area (Å²) in [6.45, 7) is 10.5. The Balaban J connectivity index is 2.22. The molecule has 21 heavy (non-hydrogen) atoms. The molecule has 0 atom stereocenters. The Hall–Kier alpha value is -2.43. The van der Waals surface area contributed by atoms with Gasteiger partial charge in [-0.1, -0.05) is 6.58 Å². The molecule has 0 fully saturated rings. The van der Waals surface area contributed by atoms with Gasteiger partial charge in [-0.25, -0.2) is 9.67 Å². The lowest BCUT2D eigenvalue weighted by atomic mass is 10.1. The van der Waals surface area contributed by atoms with Gasteiger partial charge in [-0.05, 0) is 38.5 Å². The van der Waals surface area contributed by atoms with E-state index < -0.39 is 0 Å². The monoisotopic (exact) mass is 282 g/mol. The zero-order chi connectivity index (χ0) is 15.3. The number of nitrogens with zero attached hydrogens (tertiary/aromatic N) is 4. The minimum atomic E-state index is -0.0311. The number of allylic oxidation sites excluding steroid dienone is 1. The van der Waals surface area contributed by atoms with Crippen LogP contribution in [0.2, 0.25) is 0 Å². The molecular formula is C16H18N4O. The van der Waals surface area contributed by atoms with Gasteiger partial charge in [-0.15, -0.1) is 0 Å². The molecule has 5 nitrogen and oxygen atoms in total. The lowest BCUT2D eigenvalue weighted by molar-refractivity contribution is 0.0810. The molecule has 0 bridgehead atoms. The standard InChI is InChI=1S/C16H18N4O/c1-9(2)12-7-6-10(3)17-15(12)20-11(4)13-8-19(5)16(21)14(13)18-20/h6-7H,1,8H2,2-5H3. The third kappa shape index (κ3) is 1.96. The predicted octanol–water partition coefficient (Wildman–Crippen LogP) is 2.50. The molecule has 1 aliphatic heterocycles. The highest BCUT2D eigenvalue weighted by Gasteiger charge is 2.31. The van der Waals surface area contributed by atoms with Crippen LogP contribution in [0.1, 0.15) is 39.9 Å². The van der Waals surface area contributed by atoms with Crippen molar-refractivity contribution in [2.24, 2.45) is 0 Å². The Morgan fingerprint density at radius 3 is 2.67 bits per heavy atom. The van der Waals surface area contributed by atoms with Crippen LogP contribution in [-0.4, -0.2) is 32.6 Å². The van der Waals surface area contributed by atoms with Gasteiger partial charge in [0.1, 0.15) is 0 Å². The lowest BCUT2D eigenvalue weighted by Crippen LogP contribution is -2.20. The maximum absolute atomic E-state index is 12.1. The van der Waals surface area contributed by atoms with Crippen molar-refractivity contribution >= 4 is 11.5 Å². The summed E-state index contributed by atoms with van der Waals surface area (Å²) in [5.74, 6) is 0.709. The molecule has 0 spiro atoms. The van der Waals surface area contributed by atoms with Crippen molar-refractivity contribution in [3.63, 3.8) is 0 Å². The molecule has 3 heterocycles. The summed E-state index contributed by atoms with van der Waals surface area (Å²) < 4.78 is 1.77. The van der Waals surface area contributed by atoms with E-state index in [0.717, 1.165) is 33.9 Å². The minimum absolute atomic E-state index is 0.0311. The van der Waals surface area contributed by atoms with Crippen LogP contribution in [0.4, 0.5) is 0 Å². The fourth-order valence-corrected chi connectivity index (χ4v) is 2.63. The SMILES string of the molecule is C=C(C)c1ccc(C)nc1-n1nc2c(c1C)CN(C)C2=O. The highest BCUT2D eigenvalue weighted by molar-refractivity contribution is 5.96. The molecule has 0 saturated carbocycles. The molecule has 2 aromatic rings. The zero-order valence-electron chi connectivity index (χ0n) is 12.8. The second kappa shape index (κ2) is 4.55. The smallest absolute Gasteiger partial charge is 0.274 e. The number of aromatic nitrogens is 3.